The highest BCUT2D eigenvalue weighted by Gasteiger charge is 2.27. The van der Waals surface area contributed by atoms with E-state index in [9.17, 15) is 19.3 Å². The molecule has 19 heavy (non-hydrogen) atoms. The van der Waals surface area contributed by atoms with Gasteiger partial charge in [0.05, 0.1) is 11.0 Å². The maximum Gasteiger partial charge on any atom is 0.295 e. The lowest BCUT2D eigenvalue weighted by Gasteiger charge is -2.32. The molecule has 1 saturated heterocycles. The van der Waals surface area contributed by atoms with Gasteiger partial charge in [0.25, 0.3) is 5.69 Å². The molecule has 0 radical (unpaired) electrons. The molecule has 2 rings (SSSR count). The highest BCUT2D eigenvalue weighted by atomic mass is 19.1. The van der Waals surface area contributed by atoms with E-state index in [2.05, 4.69) is 0 Å². The van der Waals surface area contributed by atoms with Gasteiger partial charge in [-0.1, -0.05) is 0 Å². The van der Waals surface area contributed by atoms with Crippen molar-refractivity contribution in [3.8, 4) is 0 Å². The zero-order valence-corrected chi connectivity index (χ0v) is 10.6. The van der Waals surface area contributed by atoms with Crippen LogP contribution in [0.3, 0.4) is 0 Å². The molecule has 1 heterocycles. The Morgan fingerprint density at radius 1 is 1.53 bits per heavy atom. The summed E-state index contributed by atoms with van der Waals surface area (Å²) < 4.78 is 13.1. The lowest BCUT2D eigenvalue weighted by molar-refractivity contribution is -0.384. The molecule has 1 atom stereocenters. The Morgan fingerprint density at radius 2 is 2.26 bits per heavy atom. The molecule has 1 aromatic rings. The second kappa shape index (κ2) is 5.34. The molecule has 1 aromatic carbocycles. The van der Waals surface area contributed by atoms with Crippen molar-refractivity contribution in [3.63, 3.8) is 0 Å². The van der Waals surface area contributed by atoms with Gasteiger partial charge in [0, 0.05) is 19.0 Å². The second-order valence-electron chi connectivity index (χ2n) is 4.79. The van der Waals surface area contributed by atoms with Gasteiger partial charge in [-0.25, -0.2) is 4.39 Å². The first-order valence-corrected chi connectivity index (χ1v) is 6.18. The normalized spacial score (nSPS) is 19.3. The van der Waals surface area contributed by atoms with Gasteiger partial charge in [0.1, 0.15) is 17.3 Å². The smallest absolute Gasteiger partial charge is 0.295 e. The van der Waals surface area contributed by atoms with Crippen LogP contribution in [0.1, 0.15) is 19.8 Å². The number of hydrogen-bond acceptors (Lipinski definition) is 4. The monoisotopic (exact) mass is 266 g/mol. The van der Waals surface area contributed by atoms with Crippen molar-refractivity contribution < 1.29 is 14.1 Å². The third-order valence-corrected chi connectivity index (χ3v) is 3.47. The summed E-state index contributed by atoms with van der Waals surface area (Å²) in [5.74, 6) is -0.636. The molecule has 0 amide bonds. The number of piperidine rings is 1. The summed E-state index contributed by atoms with van der Waals surface area (Å²) in [4.78, 5) is 23.6. The minimum absolute atomic E-state index is 0.0921. The first-order chi connectivity index (χ1) is 8.99. The fourth-order valence-corrected chi connectivity index (χ4v) is 2.44. The molecule has 102 valence electrons. The van der Waals surface area contributed by atoms with Crippen LogP contribution in [0.15, 0.2) is 18.2 Å². The Bertz CT molecular complexity index is 519. The van der Waals surface area contributed by atoms with Gasteiger partial charge in [0.15, 0.2) is 0 Å². The Balaban J connectivity index is 2.30. The van der Waals surface area contributed by atoms with Crippen molar-refractivity contribution in [1.29, 1.82) is 0 Å². The number of rotatable bonds is 3. The maximum absolute atomic E-state index is 13.1. The third-order valence-electron chi connectivity index (χ3n) is 3.47. The number of carbonyl (C=O) groups excluding carboxylic acids is 1. The number of benzene rings is 1. The number of anilines is 1. The van der Waals surface area contributed by atoms with E-state index in [0.717, 1.165) is 18.9 Å². The number of nitrogens with zero attached hydrogens (tertiary/aromatic N) is 2. The van der Waals surface area contributed by atoms with E-state index in [1.54, 1.807) is 4.90 Å². The zero-order chi connectivity index (χ0) is 14.0. The highest BCUT2D eigenvalue weighted by Crippen LogP contribution is 2.32. The van der Waals surface area contributed by atoms with Gasteiger partial charge in [-0.2, -0.15) is 0 Å². The van der Waals surface area contributed by atoms with Crippen LogP contribution in [0.25, 0.3) is 0 Å². The van der Waals surface area contributed by atoms with Gasteiger partial charge in [0.2, 0.25) is 0 Å². The molecule has 5 nitrogen and oxygen atoms in total. The number of Topliss-reactive ketones (excluding diaryl/α,β-unsaturated/α-hetero) is 1. The molecule has 6 heteroatoms. The lowest BCUT2D eigenvalue weighted by Crippen LogP contribution is -2.38. The Labute approximate surface area is 110 Å². The van der Waals surface area contributed by atoms with Crippen LogP contribution in [0.5, 0.6) is 0 Å². The van der Waals surface area contributed by atoms with Gasteiger partial charge < -0.3 is 4.90 Å². The fourth-order valence-electron chi connectivity index (χ4n) is 2.44. The summed E-state index contributed by atoms with van der Waals surface area (Å²) in [5, 5.41) is 11.0. The van der Waals surface area contributed by atoms with Crippen LogP contribution in [-0.2, 0) is 4.79 Å². The minimum atomic E-state index is -0.629. The predicted molar refractivity (Wildman–Crippen MR) is 68.7 cm³/mol. The summed E-state index contributed by atoms with van der Waals surface area (Å²) in [7, 11) is 0. The summed E-state index contributed by atoms with van der Waals surface area (Å²) in [5.41, 5.74) is 0.140. The molecule has 0 aromatic heterocycles. The molecule has 0 bridgehead atoms. The molecular formula is C13H15FN2O3. The third kappa shape index (κ3) is 2.89. The number of nitro benzene ring substituents is 1. The molecular weight excluding hydrogens is 251 g/mol. The molecule has 0 spiro atoms. The quantitative estimate of drug-likeness (QED) is 0.623. The van der Waals surface area contributed by atoms with E-state index >= 15 is 0 Å². The van der Waals surface area contributed by atoms with Gasteiger partial charge in [-0.3, -0.25) is 14.9 Å². The van der Waals surface area contributed by atoms with Crippen LogP contribution < -0.4 is 4.90 Å². The van der Waals surface area contributed by atoms with Crippen molar-refractivity contribution in [2.75, 3.05) is 18.0 Å². The van der Waals surface area contributed by atoms with Crippen LogP contribution in [0.4, 0.5) is 15.8 Å². The van der Waals surface area contributed by atoms with Crippen molar-refractivity contribution in [1.82, 2.24) is 0 Å². The lowest BCUT2D eigenvalue weighted by atomic mass is 9.94. The van der Waals surface area contributed by atoms with Gasteiger partial charge >= 0.3 is 0 Å². The topological polar surface area (TPSA) is 63.5 Å². The molecule has 0 N–H and O–H groups in total. The van der Waals surface area contributed by atoms with E-state index < -0.39 is 10.7 Å². The standard InChI is InChI=1S/C13H15FN2O3/c1-9(17)10-3-2-6-15(8-10)12-5-4-11(14)7-13(12)16(18)19/h4-5,7,10H,2-3,6,8H2,1H3. The zero-order valence-electron chi connectivity index (χ0n) is 10.6. The van der Waals surface area contributed by atoms with E-state index in [0.29, 0.717) is 18.8 Å². The number of nitro groups is 1. The molecule has 1 unspecified atom stereocenters. The maximum atomic E-state index is 13.1. The average Bonchev–Trinajstić information content (AvgIpc) is 2.38. The van der Waals surface area contributed by atoms with E-state index in [1.165, 1.54) is 19.1 Å². The summed E-state index contributed by atoms with van der Waals surface area (Å²) >= 11 is 0. The number of hydrogen-bond donors (Lipinski definition) is 0. The summed E-state index contributed by atoms with van der Waals surface area (Å²) in [6.07, 6.45) is 1.61. The average molecular weight is 266 g/mol. The van der Waals surface area contributed by atoms with Crippen LogP contribution >= 0.6 is 0 Å². The minimum Gasteiger partial charge on any atom is -0.365 e. The van der Waals surface area contributed by atoms with Crippen molar-refractivity contribution in [3.05, 3.63) is 34.1 Å². The van der Waals surface area contributed by atoms with Crippen LogP contribution in [0, 0.1) is 21.8 Å². The first kappa shape index (κ1) is 13.5. The van der Waals surface area contributed by atoms with Crippen LogP contribution in [-0.4, -0.2) is 23.8 Å². The largest absolute Gasteiger partial charge is 0.365 e. The molecule has 1 aliphatic rings. The Morgan fingerprint density at radius 3 is 2.89 bits per heavy atom. The summed E-state index contributed by atoms with van der Waals surface area (Å²) in [6.45, 7) is 2.64. The molecule has 1 fully saturated rings. The molecule has 0 saturated carbocycles. The molecule has 0 aliphatic carbocycles. The Hall–Kier alpha value is -1.98. The highest BCUT2D eigenvalue weighted by molar-refractivity contribution is 5.79. The van der Waals surface area contributed by atoms with Gasteiger partial charge in [-0.15, -0.1) is 0 Å². The fraction of sp³-hybridized carbons (Fsp3) is 0.462. The van der Waals surface area contributed by atoms with Crippen LogP contribution in [0.2, 0.25) is 0 Å². The van der Waals surface area contributed by atoms with Crippen molar-refractivity contribution in [2.45, 2.75) is 19.8 Å². The Kier molecular flexibility index (Phi) is 3.78. The van der Waals surface area contributed by atoms with E-state index in [4.69, 9.17) is 0 Å². The van der Waals surface area contributed by atoms with E-state index in [-0.39, 0.29) is 17.4 Å². The van der Waals surface area contributed by atoms with Crippen molar-refractivity contribution >= 4 is 17.2 Å². The first-order valence-electron chi connectivity index (χ1n) is 6.18. The number of ketones is 1. The molecule has 1 aliphatic heterocycles. The second-order valence-corrected chi connectivity index (χ2v) is 4.79. The number of carbonyl (C=O) groups is 1. The SMILES string of the molecule is CC(=O)C1CCCN(c2ccc(F)cc2[N+](=O)[O-])C1. The van der Waals surface area contributed by atoms with Gasteiger partial charge in [-0.05, 0) is 31.9 Å². The predicted octanol–water partition coefficient (Wildman–Crippen LogP) is 2.54. The van der Waals surface area contributed by atoms with E-state index in [1.807, 2.05) is 0 Å². The summed E-state index contributed by atoms with van der Waals surface area (Å²) in [6, 6.07) is 3.54. The van der Waals surface area contributed by atoms with Crippen molar-refractivity contribution in [2.24, 2.45) is 5.92 Å². The number of halogens is 1.